The Bertz CT molecular complexity index is 293. The summed E-state index contributed by atoms with van der Waals surface area (Å²) in [7, 11) is 0. The molecule has 0 radical (unpaired) electrons. The Kier molecular flexibility index (Phi) is 4.05. The molecule has 3 aliphatic rings. The van der Waals surface area contributed by atoms with Crippen molar-refractivity contribution in [3.8, 4) is 0 Å². The van der Waals surface area contributed by atoms with Gasteiger partial charge in [0.1, 0.15) is 0 Å². The van der Waals surface area contributed by atoms with E-state index in [1.165, 1.54) is 58.3 Å². The molecule has 1 saturated carbocycles. The van der Waals surface area contributed by atoms with Gasteiger partial charge in [-0.3, -0.25) is 0 Å². The standard InChI is InChI=1S/C16H28N2/c1-13(16-12-14-5-6-15(16)11-14)17-7-4-10-18-8-2-3-9-18/h5-6,13-17H,2-4,7-12H2,1H3. The second-order valence-corrected chi connectivity index (χ2v) is 6.59. The summed E-state index contributed by atoms with van der Waals surface area (Å²) in [5.74, 6) is 2.71. The Hall–Kier alpha value is -0.340. The third kappa shape index (κ3) is 2.80. The minimum absolute atomic E-state index is 0.712. The molecule has 0 aromatic rings. The summed E-state index contributed by atoms with van der Waals surface area (Å²) in [6, 6.07) is 0.712. The van der Waals surface area contributed by atoms with Crippen LogP contribution in [0.2, 0.25) is 0 Å². The van der Waals surface area contributed by atoms with Crippen molar-refractivity contribution < 1.29 is 0 Å². The molecule has 0 spiro atoms. The maximum atomic E-state index is 3.77. The van der Waals surface area contributed by atoms with E-state index in [0.717, 1.165) is 17.8 Å². The van der Waals surface area contributed by atoms with Crippen molar-refractivity contribution in [1.29, 1.82) is 0 Å². The highest BCUT2D eigenvalue weighted by Gasteiger charge is 2.38. The summed E-state index contributed by atoms with van der Waals surface area (Å²) in [6.07, 6.45) is 11.9. The minimum atomic E-state index is 0.712. The van der Waals surface area contributed by atoms with Crippen LogP contribution in [-0.2, 0) is 0 Å². The maximum Gasteiger partial charge on any atom is 0.00728 e. The molecule has 0 amide bonds. The van der Waals surface area contributed by atoms with E-state index in [9.17, 15) is 0 Å². The SMILES string of the molecule is CC(NCCCN1CCCC1)C1CC2C=CC1C2. The fourth-order valence-corrected chi connectivity index (χ4v) is 4.19. The molecule has 2 bridgehead atoms. The maximum absolute atomic E-state index is 3.77. The van der Waals surface area contributed by atoms with E-state index in [1.54, 1.807) is 0 Å². The topological polar surface area (TPSA) is 15.3 Å². The van der Waals surface area contributed by atoms with Gasteiger partial charge in [0.25, 0.3) is 0 Å². The van der Waals surface area contributed by atoms with Gasteiger partial charge >= 0.3 is 0 Å². The first-order chi connectivity index (χ1) is 8.83. The van der Waals surface area contributed by atoms with E-state index in [-0.39, 0.29) is 0 Å². The van der Waals surface area contributed by atoms with Crippen molar-refractivity contribution in [2.75, 3.05) is 26.2 Å². The van der Waals surface area contributed by atoms with Crippen LogP contribution in [-0.4, -0.2) is 37.1 Å². The lowest BCUT2D eigenvalue weighted by Gasteiger charge is -2.26. The normalized spacial score (nSPS) is 36.6. The number of rotatable bonds is 6. The van der Waals surface area contributed by atoms with Crippen LogP contribution < -0.4 is 5.32 Å². The number of allylic oxidation sites excluding steroid dienone is 2. The molecule has 2 heteroatoms. The molecule has 2 nitrogen and oxygen atoms in total. The van der Waals surface area contributed by atoms with Gasteiger partial charge in [-0.25, -0.2) is 0 Å². The predicted octanol–water partition coefficient (Wildman–Crippen LogP) is 2.66. The molecule has 4 unspecified atom stereocenters. The molecular weight excluding hydrogens is 220 g/mol. The summed E-state index contributed by atoms with van der Waals surface area (Å²) >= 11 is 0. The van der Waals surface area contributed by atoms with Gasteiger partial charge in [0.2, 0.25) is 0 Å². The monoisotopic (exact) mass is 248 g/mol. The zero-order valence-corrected chi connectivity index (χ0v) is 11.8. The van der Waals surface area contributed by atoms with Crippen LogP contribution in [0.25, 0.3) is 0 Å². The molecule has 18 heavy (non-hydrogen) atoms. The van der Waals surface area contributed by atoms with Gasteiger partial charge in [-0.2, -0.15) is 0 Å². The van der Waals surface area contributed by atoms with Crippen LogP contribution in [0.4, 0.5) is 0 Å². The zero-order chi connectivity index (χ0) is 12.4. The molecule has 4 atom stereocenters. The van der Waals surface area contributed by atoms with Crippen molar-refractivity contribution >= 4 is 0 Å². The Morgan fingerprint density at radius 1 is 1.22 bits per heavy atom. The van der Waals surface area contributed by atoms with Gasteiger partial charge in [0.05, 0.1) is 0 Å². The van der Waals surface area contributed by atoms with Crippen LogP contribution in [0.1, 0.15) is 39.0 Å². The third-order valence-corrected chi connectivity index (χ3v) is 5.29. The van der Waals surface area contributed by atoms with Crippen LogP contribution in [0.5, 0.6) is 0 Å². The number of fused-ring (bicyclic) bond motifs is 2. The second-order valence-electron chi connectivity index (χ2n) is 6.59. The quantitative estimate of drug-likeness (QED) is 0.574. The Balaban J connectivity index is 1.32. The number of likely N-dealkylation sites (tertiary alicyclic amines) is 1. The molecule has 2 aliphatic carbocycles. The second kappa shape index (κ2) is 5.75. The van der Waals surface area contributed by atoms with E-state index < -0.39 is 0 Å². The van der Waals surface area contributed by atoms with Crippen molar-refractivity contribution in [3.05, 3.63) is 12.2 Å². The molecule has 0 aromatic carbocycles. The molecule has 3 rings (SSSR count). The highest BCUT2D eigenvalue weighted by molar-refractivity contribution is 5.11. The molecule has 1 N–H and O–H groups in total. The summed E-state index contributed by atoms with van der Waals surface area (Å²) in [4.78, 5) is 2.62. The van der Waals surface area contributed by atoms with E-state index in [0.29, 0.717) is 6.04 Å². The minimum Gasteiger partial charge on any atom is -0.314 e. The molecule has 102 valence electrons. The van der Waals surface area contributed by atoms with Gasteiger partial charge in [-0.05, 0) is 83.0 Å². The van der Waals surface area contributed by atoms with Gasteiger partial charge in [-0.15, -0.1) is 0 Å². The molecule has 1 aliphatic heterocycles. The average molecular weight is 248 g/mol. The van der Waals surface area contributed by atoms with Gasteiger partial charge in [0, 0.05) is 6.04 Å². The highest BCUT2D eigenvalue weighted by Crippen LogP contribution is 2.44. The lowest BCUT2D eigenvalue weighted by atomic mass is 9.87. The van der Waals surface area contributed by atoms with Crippen molar-refractivity contribution in [1.82, 2.24) is 10.2 Å². The Morgan fingerprint density at radius 3 is 2.72 bits per heavy atom. The summed E-state index contributed by atoms with van der Waals surface area (Å²) in [5.41, 5.74) is 0. The summed E-state index contributed by atoms with van der Waals surface area (Å²) < 4.78 is 0. The van der Waals surface area contributed by atoms with Crippen LogP contribution in [0.15, 0.2) is 12.2 Å². The highest BCUT2D eigenvalue weighted by atomic mass is 15.1. The van der Waals surface area contributed by atoms with E-state index >= 15 is 0 Å². The first-order valence-electron chi connectivity index (χ1n) is 7.97. The molecule has 0 aromatic heterocycles. The fraction of sp³-hybridized carbons (Fsp3) is 0.875. The van der Waals surface area contributed by atoms with E-state index in [4.69, 9.17) is 0 Å². The first-order valence-corrected chi connectivity index (χ1v) is 7.97. The largest absolute Gasteiger partial charge is 0.314 e. The summed E-state index contributed by atoms with van der Waals surface area (Å²) in [5, 5.41) is 3.77. The van der Waals surface area contributed by atoms with Crippen LogP contribution >= 0.6 is 0 Å². The smallest absolute Gasteiger partial charge is 0.00728 e. The predicted molar refractivity (Wildman–Crippen MR) is 76.6 cm³/mol. The zero-order valence-electron chi connectivity index (χ0n) is 11.8. The molecule has 1 saturated heterocycles. The Morgan fingerprint density at radius 2 is 2.06 bits per heavy atom. The first kappa shape index (κ1) is 12.7. The number of hydrogen-bond acceptors (Lipinski definition) is 2. The van der Waals surface area contributed by atoms with Crippen molar-refractivity contribution in [2.45, 2.75) is 45.1 Å². The van der Waals surface area contributed by atoms with Gasteiger partial charge in [0.15, 0.2) is 0 Å². The lowest BCUT2D eigenvalue weighted by molar-refractivity contribution is 0.302. The Labute approximate surface area is 112 Å². The van der Waals surface area contributed by atoms with Gasteiger partial charge in [-0.1, -0.05) is 12.2 Å². The van der Waals surface area contributed by atoms with Crippen LogP contribution in [0.3, 0.4) is 0 Å². The molecule has 1 heterocycles. The van der Waals surface area contributed by atoms with Gasteiger partial charge < -0.3 is 10.2 Å². The van der Waals surface area contributed by atoms with E-state index in [2.05, 4.69) is 29.3 Å². The van der Waals surface area contributed by atoms with Crippen LogP contribution in [0, 0.1) is 17.8 Å². The lowest BCUT2D eigenvalue weighted by Crippen LogP contribution is -2.37. The van der Waals surface area contributed by atoms with Crippen molar-refractivity contribution in [3.63, 3.8) is 0 Å². The third-order valence-electron chi connectivity index (χ3n) is 5.29. The molecular formula is C16H28N2. The number of hydrogen-bond donors (Lipinski definition) is 1. The molecule has 2 fully saturated rings. The van der Waals surface area contributed by atoms with Crippen molar-refractivity contribution in [2.24, 2.45) is 17.8 Å². The average Bonchev–Trinajstić information content (AvgIpc) is 3.10. The fourth-order valence-electron chi connectivity index (χ4n) is 4.19. The van der Waals surface area contributed by atoms with E-state index in [1.807, 2.05) is 0 Å². The number of nitrogens with zero attached hydrogens (tertiary/aromatic N) is 1. The number of nitrogens with one attached hydrogen (secondary N) is 1. The summed E-state index contributed by atoms with van der Waals surface area (Å²) in [6.45, 7) is 7.58.